The Balaban J connectivity index is 2.51. The fraction of sp³-hybridized carbons (Fsp3) is 0.667. The van der Waals surface area contributed by atoms with Crippen molar-refractivity contribution in [2.75, 3.05) is 11.5 Å². The molecule has 1 saturated heterocycles. The standard InChI is InChI=1S/C12H19N3O6S/c13-6(11(18)19)1-2-9(16)14-8-5-22-4-3-7(12(20)21)15-10(8)17/h6-8H,1-5,13H2,(H,14,16)(H,15,17)(H,18,19)(H,20,21)/t6-,7?,8?/m0/s1. The van der Waals surface area contributed by atoms with E-state index in [2.05, 4.69) is 10.6 Å². The molecule has 2 amide bonds. The molecule has 22 heavy (non-hydrogen) atoms. The molecule has 6 N–H and O–H groups in total. The second kappa shape index (κ2) is 8.59. The molecule has 1 fully saturated rings. The van der Waals surface area contributed by atoms with Crippen molar-refractivity contribution in [2.24, 2.45) is 5.73 Å². The molecule has 10 heteroatoms. The lowest BCUT2D eigenvalue weighted by molar-refractivity contribution is -0.142. The van der Waals surface area contributed by atoms with Crippen LogP contribution in [0.5, 0.6) is 0 Å². The minimum atomic E-state index is -1.20. The zero-order valence-electron chi connectivity index (χ0n) is 11.8. The van der Waals surface area contributed by atoms with Crippen LogP contribution in [0.2, 0.25) is 0 Å². The minimum absolute atomic E-state index is 0.0413. The summed E-state index contributed by atoms with van der Waals surface area (Å²) in [5, 5.41) is 22.4. The quantitative estimate of drug-likeness (QED) is 0.387. The number of carbonyl (C=O) groups is 4. The van der Waals surface area contributed by atoms with Crippen LogP contribution >= 0.6 is 11.8 Å². The Hall–Kier alpha value is -1.81. The molecule has 1 aliphatic heterocycles. The lowest BCUT2D eigenvalue weighted by atomic mass is 10.1. The molecule has 0 aromatic rings. The Kier molecular flexibility index (Phi) is 7.12. The Morgan fingerprint density at radius 3 is 2.68 bits per heavy atom. The Labute approximate surface area is 131 Å². The van der Waals surface area contributed by atoms with Crippen molar-refractivity contribution in [1.82, 2.24) is 10.6 Å². The molecular formula is C12H19N3O6S. The van der Waals surface area contributed by atoms with Crippen molar-refractivity contribution in [1.29, 1.82) is 0 Å². The van der Waals surface area contributed by atoms with Crippen molar-refractivity contribution in [3.05, 3.63) is 0 Å². The average Bonchev–Trinajstić information content (AvgIpc) is 2.43. The molecule has 1 rings (SSSR count). The van der Waals surface area contributed by atoms with Gasteiger partial charge in [-0.2, -0.15) is 11.8 Å². The molecule has 2 unspecified atom stereocenters. The third-order valence-corrected chi connectivity index (χ3v) is 4.19. The van der Waals surface area contributed by atoms with E-state index in [1.807, 2.05) is 0 Å². The molecule has 0 spiro atoms. The maximum Gasteiger partial charge on any atom is 0.326 e. The minimum Gasteiger partial charge on any atom is -0.480 e. The SMILES string of the molecule is N[C@@H](CCC(=O)NC1CSCCC(C(=O)O)NC1=O)C(=O)O. The van der Waals surface area contributed by atoms with Crippen LogP contribution in [0, 0.1) is 0 Å². The normalized spacial score (nSPS) is 23.6. The number of nitrogens with two attached hydrogens (primary N) is 1. The molecule has 3 atom stereocenters. The lowest BCUT2D eigenvalue weighted by Gasteiger charge is -2.24. The largest absolute Gasteiger partial charge is 0.480 e. The summed E-state index contributed by atoms with van der Waals surface area (Å²) in [7, 11) is 0. The van der Waals surface area contributed by atoms with E-state index in [0.717, 1.165) is 0 Å². The highest BCUT2D eigenvalue weighted by Gasteiger charge is 2.28. The Bertz CT molecular complexity index is 458. The molecule has 124 valence electrons. The van der Waals surface area contributed by atoms with E-state index in [9.17, 15) is 19.2 Å². The van der Waals surface area contributed by atoms with Gasteiger partial charge in [0, 0.05) is 12.2 Å². The van der Waals surface area contributed by atoms with Gasteiger partial charge in [-0.1, -0.05) is 0 Å². The molecule has 0 aliphatic carbocycles. The van der Waals surface area contributed by atoms with Crippen LogP contribution in [0.3, 0.4) is 0 Å². The van der Waals surface area contributed by atoms with E-state index in [-0.39, 0.29) is 12.8 Å². The number of rotatable bonds is 6. The van der Waals surface area contributed by atoms with Crippen LogP contribution < -0.4 is 16.4 Å². The van der Waals surface area contributed by atoms with Gasteiger partial charge in [-0.05, 0) is 18.6 Å². The highest BCUT2D eigenvalue weighted by atomic mass is 32.2. The predicted octanol–water partition coefficient (Wildman–Crippen LogP) is -1.63. The van der Waals surface area contributed by atoms with Crippen LogP contribution in [-0.4, -0.2) is 63.6 Å². The first-order valence-electron chi connectivity index (χ1n) is 6.70. The van der Waals surface area contributed by atoms with E-state index >= 15 is 0 Å². The van der Waals surface area contributed by atoms with E-state index in [0.29, 0.717) is 17.9 Å². The maximum absolute atomic E-state index is 11.9. The van der Waals surface area contributed by atoms with Crippen molar-refractivity contribution >= 4 is 35.5 Å². The Morgan fingerprint density at radius 2 is 2.09 bits per heavy atom. The molecule has 0 radical (unpaired) electrons. The van der Waals surface area contributed by atoms with Crippen molar-refractivity contribution in [3.8, 4) is 0 Å². The van der Waals surface area contributed by atoms with Gasteiger partial charge in [0.05, 0.1) is 0 Å². The van der Waals surface area contributed by atoms with E-state index in [4.69, 9.17) is 15.9 Å². The van der Waals surface area contributed by atoms with Gasteiger partial charge >= 0.3 is 11.9 Å². The molecule has 0 bridgehead atoms. The summed E-state index contributed by atoms with van der Waals surface area (Å²) in [4.78, 5) is 45.2. The first-order valence-corrected chi connectivity index (χ1v) is 7.85. The highest BCUT2D eigenvalue weighted by molar-refractivity contribution is 7.99. The number of carboxylic acids is 2. The number of hydrogen-bond donors (Lipinski definition) is 5. The molecule has 1 aliphatic rings. The van der Waals surface area contributed by atoms with Crippen LogP contribution in [-0.2, 0) is 19.2 Å². The number of aliphatic carboxylic acids is 2. The number of hydrogen-bond acceptors (Lipinski definition) is 6. The van der Waals surface area contributed by atoms with Gasteiger partial charge in [-0.15, -0.1) is 0 Å². The summed E-state index contributed by atoms with van der Waals surface area (Å²) in [6.45, 7) is 0. The summed E-state index contributed by atoms with van der Waals surface area (Å²) in [5.74, 6) is -2.49. The predicted molar refractivity (Wildman–Crippen MR) is 78.3 cm³/mol. The van der Waals surface area contributed by atoms with Crippen molar-refractivity contribution in [2.45, 2.75) is 37.4 Å². The van der Waals surface area contributed by atoms with Gasteiger partial charge in [0.15, 0.2) is 0 Å². The number of nitrogens with one attached hydrogen (secondary N) is 2. The molecule has 0 aromatic heterocycles. The smallest absolute Gasteiger partial charge is 0.326 e. The fourth-order valence-electron chi connectivity index (χ4n) is 1.79. The lowest BCUT2D eigenvalue weighted by Crippen LogP contribution is -2.54. The van der Waals surface area contributed by atoms with Crippen LogP contribution in [0.25, 0.3) is 0 Å². The van der Waals surface area contributed by atoms with Crippen LogP contribution in [0.4, 0.5) is 0 Å². The molecule has 0 saturated carbocycles. The monoisotopic (exact) mass is 333 g/mol. The van der Waals surface area contributed by atoms with Gasteiger partial charge in [0.1, 0.15) is 18.1 Å². The second-order valence-electron chi connectivity index (χ2n) is 4.87. The Morgan fingerprint density at radius 1 is 1.41 bits per heavy atom. The van der Waals surface area contributed by atoms with Crippen LogP contribution in [0.15, 0.2) is 0 Å². The van der Waals surface area contributed by atoms with Gasteiger partial charge in [0.2, 0.25) is 11.8 Å². The number of carboxylic acid groups (broad SMARTS) is 2. The summed E-state index contributed by atoms with van der Waals surface area (Å²) in [6, 6.07) is -2.96. The summed E-state index contributed by atoms with van der Waals surface area (Å²) in [6.07, 6.45) is 0.157. The molecule has 0 aromatic carbocycles. The van der Waals surface area contributed by atoms with Gasteiger partial charge < -0.3 is 26.6 Å². The first kappa shape index (κ1) is 18.2. The number of thioether (sulfide) groups is 1. The second-order valence-corrected chi connectivity index (χ2v) is 6.02. The van der Waals surface area contributed by atoms with E-state index in [1.165, 1.54) is 11.8 Å². The third-order valence-electron chi connectivity index (χ3n) is 3.10. The zero-order valence-corrected chi connectivity index (χ0v) is 12.6. The molecule has 1 heterocycles. The highest BCUT2D eigenvalue weighted by Crippen LogP contribution is 2.12. The summed E-state index contributed by atoms with van der Waals surface area (Å²) in [5.41, 5.74) is 5.29. The third kappa shape index (κ3) is 5.90. The van der Waals surface area contributed by atoms with E-state index < -0.39 is 41.9 Å². The van der Waals surface area contributed by atoms with Crippen LogP contribution in [0.1, 0.15) is 19.3 Å². The zero-order chi connectivity index (χ0) is 16.7. The van der Waals surface area contributed by atoms with E-state index in [1.54, 1.807) is 0 Å². The van der Waals surface area contributed by atoms with Crippen molar-refractivity contribution in [3.63, 3.8) is 0 Å². The summed E-state index contributed by atoms with van der Waals surface area (Å²) >= 11 is 1.38. The maximum atomic E-state index is 11.9. The molecule has 9 nitrogen and oxygen atoms in total. The first-order chi connectivity index (χ1) is 10.3. The molecular weight excluding hydrogens is 314 g/mol. The van der Waals surface area contributed by atoms with Crippen molar-refractivity contribution < 1.29 is 29.4 Å². The summed E-state index contributed by atoms with van der Waals surface area (Å²) < 4.78 is 0. The number of carbonyl (C=O) groups excluding carboxylic acids is 2. The number of amides is 2. The fourth-order valence-corrected chi connectivity index (χ4v) is 2.83. The topological polar surface area (TPSA) is 159 Å². The average molecular weight is 333 g/mol. The van der Waals surface area contributed by atoms with Gasteiger partial charge in [0.25, 0.3) is 0 Å². The van der Waals surface area contributed by atoms with Gasteiger partial charge in [-0.3, -0.25) is 14.4 Å². The van der Waals surface area contributed by atoms with Gasteiger partial charge in [-0.25, -0.2) is 4.79 Å².